The summed E-state index contributed by atoms with van der Waals surface area (Å²) >= 11 is 1.80. The van der Waals surface area contributed by atoms with Crippen LogP contribution in [0.25, 0.3) is 0 Å². The van der Waals surface area contributed by atoms with Gasteiger partial charge < -0.3 is 24.6 Å². The van der Waals surface area contributed by atoms with Gasteiger partial charge in [-0.15, -0.1) is 11.3 Å². The first kappa shape index (κ1) is 19.5. The van der Waals surface area contributed by atoms with E-state index in [-0.39, 0.29) is 0 Å². The number of aliphatic imine (C=N–C) groups is 1. The van der Waals surface area contributed by atoms with Crippen molar-refractivity contribution in [2.45, 2.75) is 6.54 Å². The van der Waals surface area contributed by atoms with Crippen LogP contribution in [0.5, 0.6) is 5.75 Å². The van der Waals surface area contributed by atoms with E-state index in [4.69, 9.17) is 9.47 Å². The molecule has 7 heteroatoms. The molecule has 146 valence electrons. The van der Waals surface area contributed by atoms with Crippen LogP contribution in [0.1, 0.15) is 5.56 Å². The van der Waals surface area contributed by atoms with E-state index in [1.54, 1.807) is 18.4 Å². The van der Waals surface area contributed by atoms with Crippen LogP contribution >= 0.6 is 11.3 Å². The SMILES string of the molecule is CN=C(NCc1cccc(OCCOC)c1)N1CCN(c2cccs2)CC1. The first-order valence-electron chi connectivity index (χ1n) is 9.25. The number of nitrogens with zero attached hydrogens (tertiary/aromatic N) is 3. The Kier molecular flexibility index (Phi) is 7.36. The highest BCUT2D eigenvalue weighted by Gasteiger charge is 2.20. The molecule has 2 heterocycles. The molecule has 6 nitrogen and oxygen atoms in total. The molecule has 0 bridgehead atoms. The molecule has 1 saturated heterocycles. The number of piperazine rings is 1. The molecule has 0 spiro atoms. The normalized spacial score (nSPS) is 15.1. The van der Waals surface area contributed by atoms with Crippen molar-refractivity contribution in [2.24, 2.45) is 4.99 Å². The summed E-state index contributed by atoms with van der Waals surface area (Å²) in [4.78, 5) is 9.23. The van der Waals surface area contributed by atoms with Gasteiger partial charge in [-0.1, -0.05) is 12.1 Å². The van der Waals surface area contributed by atoms with Crippen LogP contribution in [-0.2, 0) is 11.3 Å². The van der Waals surface area contributed by atoms with Gasteiger partial charge in [0.15, 0.2) is 5.96 Å². The lowest BCUT2D eigenvalue weighted by Gasteiger charge is -2.37. The molecule has 0 unspecified atom stereocenters. The van der Waals surface area contributed by atoms with Crippen LogP contribution in [0, 0.1) is 0 Å². The molecule has 1 N–H and O–H groups in total. The Morgan fingerprint density at radius 3 is 2.70 bits per heavy atom. The molecular weight excluding hydrogens is 360 g/mol. The molecule has 0 atom stereocenters. The van der Waals surface area contributed by atoms with Gasteiger partial charge in [-0.3, -0.25) is 4.99 Å². The van der Waals surface area contributed by atoms with Crippen molar-refractivity contribution in [3.05, 3.63) is 47.3 Å². The topological polar surface area (TPSA) is 49.3 Å². The third-order valence-electron chi connectivity index (χ3n) is 4.51. The van der Waals surface area contributed by atoms with Gasteiger partial charge in [0.1, 0.15) is 12.4 Å². The molecule has 0 amide bonds. The summed E-state index contributed by atoms with van der Waals surface area (Å²) in [6.07, 6.45) is 0. The number of anilines is 1. The van der Waals surface area contributed by atoms with E-state index in [1.165, 1.54) is 10.6 Å². The number of rotatable bonds is 7. The third-order valence-corrected chi connectivity index (χ3v) is 5.44. The molecule has 0 saturated carbocycles. The second-order valence-corrected chi connectivity index (χ2v) is 7.24. The number of hydrogen-bond acceptors (Lipinski definition) is 5. The summed E-state index contributed by atoms with van der Waals surface area (Å²) in [6.45, 7) is 5.85. The van der Waals surface area contributed by atoms with Gasteiger partial charge in [0.2, 0.25) is 0 Å². The minimum Gasteiger partial charge on any atom is -0.491 e. The fraction of sp³-hybridized carbons (Fsp3) is 0.450. The second-order valence-electron chi connectivity index (χ2n) is 6.31. The Labute approximate surface area is 165 Å². The maximum atomic E-state index is 5.69. The fourth-order valence-electron chi connectivity index (χ4n) is 3.09. The van der Waals surface area contributed by atoms with Crippen molar-refractivity contribution >= 4 is 22.3 Å². The Balaban J connectivity index is 1.49. The van der Waals surface area contributed by atoms with Gasteiger partial charge in [-0.05, 0) is 35.2 Å². The average molecular weight is 389 g/mol. The monoisotopic (exact) mass is 388 g/mol. The fourth-order valence-corrected chi connectivity index (χ4v) is 3.88. The highest BCUT2D eigenvalue weighted by atomic mass is 32.1. The van der Waals surface area contributed by atoms with Crippen LogP contribution in [0.4, 0.5) is 5.00 Å². The molecule has 0 radical (unpaired) electrons. The highest BCUT2D eigenvalue weighted by Crippen LogP contribution is 2.22. The largest absolute Gasteiger partial charge is 0.491 e. The molecule has 0 aliphatic carbocycles. The van der Waals surface area contributed by atoms with E-state index in [9.17, 15) is 0 Å². The maximum absolute atomic E-state index is 5.69. The number of methoxy groups -OCH3 is 1. The summed E-state index contributed by atoms with van der Waals surface area (Å²) < 4.78 is 10.7. The first-order valence-corrected chi connectivity index (χ1v) is 10.1. The summed E-state index contributed by atoms with van der Waals surface area (Å²) in [5.41, 5.74) is 1.17. The van der Waals surface area contributed by atoms with Crippen LogP contribution in [0.3, 0.4) is 0 Å². The van der Waals surface area contributed by atoms with Crippen LogP contribution < -0.4 is 15.0 Å². The molecule has 27 heavy (non-hydrogen) atoms. The number of thiophene rings is 1. The number of ether oxygens (including phenoxy) is 2. The van der Waals surface area contributed by atoms with Gasteiger partial charge in [-0.2, -0.15) is 0 Å². The number of nitrogens with one attached hydrogen (secondary N) is 1. The summed E-state index contributed by atoms with van der Waals surface area (Å²) in [5.74, 6) is 1.82. The lowest BCUT2D eigenvalue weighted by atomic mass is 10.2. The Bertz CT molecular complexity index is 713. The van der Waals surface area contributed by atoms with Crippen molar-refractivity contribution in [2.75, 3.05) is 58.5 Å². The van der Waals surface area contributed by atoms with Crippen molar-refractivity contribution in [3.8, 4) is 5.75 Å². The quantitative estimate of drug-likeness (QED) is 0.449. The van der Waals surface area contributed by atoms with E-state index >= 15 is 0 Å². The Morgan fingerprint density at radius 1 is 1.15 bits per heavy atom. The summed E-state index contributed by atoms with van der Waals surface area (Å²) in [7, 11) is 3.52. The van der Waals surface area contributed by atoms with Crippen LogP contribution in [-0.4, -0.2) is 64.4 Å². The molecule has 1 aromatic heterocycles. The van der Waals surface area contributed by atoms with Crippen molar-refractivity contribution in [1.82, 2.24) is 10.2 Å². The summed E-state index contributed by atoms with van der Waals surface area (Å²) in [5, 5.41) is 6.96. The number of benzene rings is 1. The van der Waals surface area contributed by atoms with Crippen molar-refractivity contribution in [1.29, 1.82) is 0 Å². The van der Waals surface area contributed by atoms with Crippen LogP contribution in [0.15, 0.2) is 46.8 Å². The zero-order valence-corrected chi connectivity index (χ0v) is 16.9. The number of hydrogen-bond donors (Lipinski definition) is 1. The van der Waals surface area contributed by atoms with Gasteiger partial charge in [0.05, 0.1) is 11.6 Å². The molecule has 3 rings (SSSR count). The lowest BCUT2D eigenvalue weighted by Crippen LogP contribution is -2.52. The Morgan fingerprint density at radius 2 is 2.00 bits per heavy atom. The molecule has 1 fully saturated rings. The smallest absolute Gasteiger partial charge is 0.194 e. The van der Waals surface area contributed by atoms with Gasteiger partial charge >= 0.3 is 0 Å². The van der Waals surface area contributed by atoms with Crippen LogP contribution in [0.2, 0.25) is 0 Å². The van der Waals surface area contributed by atoms with Gasteiger partial charge in [0, 0.05) is 46.9 Å². The molecular formula is C20H28N4O2S. The van der Waals surface area contributed by atoms with Crippen molar-refractivity contribution < 1.29 is 9.47 Å². The lowest BCUT2D eigenvalue weighted by molar-refractivity contribution is 0.146. The summed E-state index contributed by atoms with van der Waals surface area (Å²) in [6, 6.07) is 12.4. The minimum absolute atomic E-state index is 0.559. The second kappa shape index (κ2) is 10.2. The predicted octanol–water partition coefficient (Wildman–Crippen LogP) is 2.67. The zero-order valence-electron chi connectivity index (χ0n) is 16.1. The van der Waals surface area contributed by atoms with E-state index in [1.807, 2.05) is 19.2 Å². The first-order chi connectivity index (χ1) is 13.3. The standard InChI is InChI=1S/C20H28N4O2S/c1-21-20(24-10-8-23(9-11-24)19-7-4-14-27-19)22-16-17-5-3-6-18(15-17)26-13-12-25-2/h3-7,14-15H,8-13,16H2,1-2H3,(H,21,22). The van der Waals surface area contributed by atoms with E-state index in [2.05, 4.69) is 49.8 Å². The van der Waals surface area contributed by atoms with Crippen molar-refractivity contribution in [3.63, 3.8) is 0 Å². The Hall–Kier alpha value is -2.25. The molecule has 1 aliphatic heterocycles. The van der Waals surface area contributed by atoms with Gasteiger partial charge in [-0.25, -0.2) is 0 Å². The third kappa shape index (κ3) is 5.61. The van der Waals surface area contributed by atoms with Gasteiger partial charge in [0.25, 0.3) is 0 Å². The number of guanidine groups is 1. The van der Waals surface area contributed by atoms with E-state index < -0.39 is 0 Å². The predicted molar refractivity (Wildman–Crippen MR) is 112 cm³/mol. The van der Waals surface area contributed by atoms with E-state index in [0.717, 1.165) is 44.4 Å². The zero-order chi connectivity index (χ0) is 18.9. The maximum Gasteiger partial charge on any atom is 0.194 e. The van der Waals surface area contributed by atoms with E-state index in [0.29, 0.717) is 13.2 Å². The molecule has 1 aromatic carbocycles. The minimum atomic E-state index is 0.559. The molecule has 2 aromatic rings. The highest BCUT2D eigenvalue weighted by molar-refractivity contribution is 7.14. The molecule has 1 aliphatic rings. The average Bonchev–Trinajstić information content (AvgIpc) is 3.24.